The maximum absolute atomic E-state index is 14.1. The molecule has 1 fully saturated rings. The van der Waals surface area contributed by atoms with Crippen LogP contribution in [0.2, 0.25) is 0 Å². The topological polar surface area (TPSA) is 29.5 Å². The number of rotatable bonds is 4. The third kappa shape index (κ3) is 3.30. The second-order valence-electron chi connectivity index (χ2n) is 5.46. The van der Waals surface area contributed by atoms with Gasteiger partial charge in [0.05, 0.1) is 5.92 Å². The first-order valence-electron chi connectivity index (χ1n) is 6.91. The zero-order valence-electron chi connectivity index (χ0n) is 11.6. The Hall–Kier alpha value is -1.58. The summed E-state index contributed by atoms with van der Waals surface area (Å²) in [5, 5.41) is 9.39. The zero-order chi connectivity index (χ0) is 14.8. The second kappa shape index (κ2) is 5.81. The number of phenols is 1. The number of halogens is 2. The van der Waals surface area contributed by atoms with Crippen LogP contribution in [-0.4, -0.2) is 11.2 Å². The van der Waals surface area contributed by atoms with Crippen LogP contribution < -0.4 is 4.74 Å². The molecule has 1 N–H and O–H groups in total. The Morgan fingerprint density at radius 1 is 1.30 bits per heavy atom. The summed E-state index contributed by atoms with van der Waals surface area (Å²) in [5.74, 6) is -0.242. The van der Waals surface area contributed by atoms with Crippen molar-refractivity contribution in [2.75, 3.05) is 0 Å². The van der Waals surface area contributed by atoms with E-state index in [1.165, 1.54) is 18.2 Å². The van der Waals surface area contributed by atoms with Gasteiger partial charge in [0.25, 0.3) is 0 Å². The number of hydrogen-bond donors (Lipinski definition) is 1. The Balaban J connectivity index is 2.03. The van der Waals surface area contributed by atoms with Crippen molar-refractivity contribution < 1.29 is 18.6 Å². The number of aromatic hydroxyl groups is 1. The van der Waals surface area contributed by atoms with Crippen molar-refractivity contribution in [3.05, 3.63) is 36.4 Å². The molecule has 0 aromatic heterocycles. The molecular formula is C16H20F2O2. The van der Waals surface area contributed by atoms with Crippen LogP contribution in [0.3, 0.4) is 0 Å². The lowest BCUT2D eigenvalue weighted by Gasteiger charge is -2.32. The number of aryl methyl sites for hydroxylation is 1. The van der Waals surface area contributed by atoms with Crippen molar-refractivity contribution in [2.45, 2.75) is 38.7 Å². The van der Waals surface area contributed by atoms with Crippen molar-refractivity contribution in [1.82, 2.24) is 0 Å². The maximum atomic E-state index is 14.1. The molecule has 0 aliphatic heterocycles. The van der Waals surface area contributed by atoms with Gasteiger partial charge < -0.3 is 9.84 Å². The molecule has 110 valence electrons. The van der Waals surface area contributed by atoms with E-state index in [1.54, 1.807) is 6.92 Å². The number of alkyl halides is 2. The summed E-state index contributed by atoms with van der Waals surface area (Å²) in [4.78, 5) is 0. The van der Waals surface area contributed by atoms with Crippen LogP contribution >= 0.6 is 0 Å². The monoisotopic (exact) mass is 282 g/mol. The highest BCUT2D eigenvalue weighted by Gasteiger charge is 2.43. The van der Waals surface area contributed by atoms with E-state index in [-0.39, 0.29) is 11.5 Å². The van der Waals surface area contributed by atoms with Gasteiger partial charge in [-0.15, -0.1) is 6.58 Å². The Morgan fingerprint density at radius 3 is 2.50 bits per heavy atom. The molecule has 1 saturated carbocycles. The van der Waals surface area contributed by atoms with Gasteiger partial charge in [0.2, 0.25) is 0 Å². The number of hydrogen-bond acceptors (Lipinski definition) is 2. The van der Waals surface area contributed by atoms with Gasteiger partial charge >= 0.3 is 6.11 Å². The fourth-order valence-electron chi connectivity index (χ4n) is 2.62. The Morgan fingerprint density at radius 2 is 1.95 bits per heavy atom. The van der Waals surface area contributed by atoms with Crippen LogP contribution in [0.25, 0.3) is 0 Å². The molecule has 0 unspecified atom stereocenters. The van der Waals surface area contributed by atoms with Crippen molar-refractivity contribution in [3.8, 4) is 11.5 Å². The SMILES string of the molecule is C=CC1CCC(C(F)(F)Oc2ccc(O)c(C)c2)CC1. The van der Waals surface area contributed by atoms with E-state index < -0.39 is 12.0 Å². The summed E-state index contributed by atoms with van der Waals surface area (Å²) < 4.78 is 33.2. The van der Waals surface area contributed by atoms with E-state index >= 15 is 0 Å². The van der Waals surface area contributed by atoms with E-state index in [0.29, 0.717) is 24.3 Å². The molecule has 4 heteroatoms. The molecule has 2 rings (SSSR count). The molecule has 0 spiro atoms. The zero-order valence-corrected chi connectivity index (χ0v) is 11.6. The van der Waals surface area contributed by atoms with Crippen LogP contribution in [0.5, 0.6) is 11.5 Å². The fraction of sp³-hybridized carbons (Fsp3) is 0.500. The highest BCUT2D eigenvalue weighted by atomic mass is 19.3. The Kier molecular flexibility index (Phi) is 4.31. The van der Waals surface area contributed by atoms with E-state index in [0.717, 1.165) is 12.8 Å². The molecular weight excluding hydrogens is 262 g/mol. The predicted molar refractivity (Wildman–Crippen MR) is 74.1 cm³/mol. The number of allylic oxidation sites excluding steroid dienone is 1. The molecule has 0 heterocycles. The quantitative estimate of drug-likeness (QED) is 0.813. The van der Waals surface area contributed by atoms with Gasteiger partial charge in [-0.3, -0.25) is 0 Å². The molecule has 1 aliphatic rings. The van der Waals surface area contributed by atoms with Crippen molar-refractivity contribution in [3.63, 3.8) is 0 Å². The minimum Gasteiger partial charge on any atom is -0.508 e. The van der Waals surface area contributed by atoms with Gasteiger partial charge in [-0.2, -0.15) is 8.78 Å². The molecule has 0 saturated heterocycles. The molecule has 0 bridgehead atoms. The van der Waals surface area contributed by atoms with Crippen LogP contribution in [0, 0.1) is 18.8 Å². The van der Waals surface area contributed by atoms with E-state index in [2.05, 4.69) is 6.58 Å². The third-order valence-electron chi connectivity index (χ3n) is 4.00. The first kappa shape index (κ1) is 14.8. The smallest absolute Gasteiger partial charge is 0.400 e. The summed E-state index contributed by atoms with van der Waals surface area (Å²) in [6.45, 7) is 5.36. The van der Waals surface area contributed by atoms with Gasteiger partial charge in [-0.25, -0.2) is 0 Å². The molecule has 0 amide bonds. The van der Waals surface area contributed by atoms with Crippen molar-refractivity contribution in [2.24, 2.45) is 11.8 Å². The largest absolute Gasteiger partial charge is 0.508 e. The van der Waals surface area contributed by atoms with E-state index in [4.69, 9.17) is 4.74 Å². The number of ether oxygens (including phenoxy) is 1. The molecule has 1 aliphatic carbocycles. The lowest BCUT2D eigenvalue weighted by Crippen LogP contribution is -2.37. The molecule has 2 nitrogen and oxygen atoms in total. The molecule has 0 radical (unpaired) electrons. The van der Waals surface area contributed by atoms with Gasteiger partial charge in [0.1, 0.15) is 11.5 Å². The fourth-order valence-corrected chi connectivity index (χ4v) is 2.62. The summed E-state index contributed by atoms with van der Waals surface area (Å²) >= 11 is 0. The van der Waals surface area contributed by atoms with Gasteiger partial charge in [-0.05, 0) is 62.3 Å². The maximum Gasteiger partial charge on any atom is 0.400 e. The molecule has 1 aromatic rings. The van der Waals surface area contributed by atoms with Gasteiger partial charge in [0.15, 0.2) is 0 Å². The minimum absolute atomic E-state index is 0.0761. The average molecular weight is 282 g/mol. The molecule has 0 atom stereocenters. The Bertz CT molecular complexity index is 477. The number of benzene rings is 1. The second-order valence-corrected chi connectivity index (χ2v) is 5.46. The molecule has 20 heavy (non-hydrogen) atoms. The highest BCUT2D eigenvalue weighted by molar-refractivity contribution is 5.38. The van der Waals surface area contributed by atoms with E-state index in [9.17, 15) is 13.9 Å². The van der Waals surface area contributed by atoms with E-state index in [1.807, 2.05) is 6.08 Å². The van der Waals surface area contributed by atoms with Crippen molar-refractivity contribution in [1.29, 1.82) is 0 Å². The average Bonchev–Trinajstić information content (AvgIpc) is 2.43. The van der Waals surface area contributed by atoms with Crippen LogP contribution in [-0.2, 0) is 0 Å². The molecule has 1 aromatic carbocycles. The summed E-state index contributed by atoms with van der Waals surface area (Å²) in [6, 6.07) is 4.17. The first-order valence-corrected chi connectivity index (χ1v) is 6.91. The van der Waals surface area contributed by atoms with Crippen molar-refractivity contribution >= 4 is 0 Å². The van der Waals surface area contributed by atoms with Crippen LogP contribution in [0.4, 0.5) is 8.78 Å². The lowest BCUT2D eigenvalue weighted by atomic mass is 9.81. The normalized spacial score (nSPS) is 23.4. The summed E-state index contributed by atoms with van der Waals surface area (Å²) in [7, 11) is 0. The number of phenolic OH excluding ortho intramolecular Hbond substituents is 1. The summed E-state index contributed by atoms with van der Waals surface area (Å²) in [5.41, 5.74) is 0.522. The standard InChI is InChI=1S/C16H20F2O2/c1-3-12-4-6-13(7-5-12)16(17,18)20-14-8-9-15(19)11(2)10-14/h3,8-10,12-13,19H,1,4-7H2,2H3. The predicted octanol–water partition coefficient (Wildman–Crippen LogP) is 4.66. The summed E-state index contributed by atoms with van der Waals surface area (Å²) in [6.07, 6.45) is 1.04. The Labute approximate surface area is 118 Å². The highest BCUT2D eigenvalue weighted by Crippen LogP contribution is 2.40. The lowest BCUT2D eigenvalue weighted by molar-refractivity contribution is -0.223. The minimum atomic E-state index is -3.17. The van der Waals surface area contributed by atoms with Gasteiger partial charge in [0, 0.05) is 0 Å². The first-order chi connectivity index (χ1) is 9.42. The van der Waals surface area contributed by atoms with Crippen LogP contribution in [0.15, 0.2) is 30.9 Å². The third-order valence-corrected chi connectivity index (χ3v) is 4.00. The van der Waals surface area contributed by atoms with Crippen LogP contribution in [0.1, 0.15) is 31.2 Å². The van der Waals surface area contributed by atoms with Gasteiger partial charge in [-0.1, -0.05) is 6.08 Å².